The zero-order chi connectivity index (χ0) is 16.7. The number of carbonyl (C=O) groups is 1. The molecule has 0 radical (unpaired) electrons. The van der Waals surface area contributed by atoms with Crippen molar-refractivity contribution in [1.82, 2.24) is 14.4 Å². The van der Waals surface area contributed by atoms with E-state index >= 15 is 0 Å². The summed E-state index contributed by atoms with van der Waals surface area (Å²) < 4.78 is 1.76. The highest BCUT2D eigenvalue weighted by molar-refractivity contribution is 5.93. The van der Waals surface area contributed by atoms with Gasteiger partial charge in [-0.1, -0.05) is 0 Å². The third-order valence-electron chi connectivity index (χ3n) is 5.92. The third kappa shape index (κ3) is 2.88. The molecule has 0 aromatic carbocycles. The van der Waals surface area contributed by atoms with Gasteiger partial charge in [0.25, 0.3) is 5.91 Å². The van der Waals surface area contributed by atoms with Gasteiger partial charge in [0.05, 0.1) is 5.56 Å². The quantitative estimate of drug-likeness (QED) is 0.858. The van der Waals surface area contributed by atoms with E-state index in [1.54, 1.807) is 16.8 Å². The molecule has 124 valence electrons. The molecule has 23 heavy (non-hydrogen) atoms. The first-order chi connectivity index (χ1) is 10.9. The van der Waals surface area contributed by atoms with Gasteiger partial charge >= 0.3 is 0 Å². The first kappa shape index (κ1) is 16.1. The Bertz CT molecular complexity index is 628. The second-order valence-corrected chi connectivity index (χ2v) is 7.49. The number of nitrogens with zero attached hydrogens (tertiary/aromatic N) is 4. The number of aromatic nitrogens is 1. The number of aryl methyl sites for hydroxylation is 1. The highest BCUT2D eigenvalue weighted by atomic mass is 16.2. The summed E-state index contributed by atoms with van der Waals surface area (Å²) in [4.78, 5) is 17.0. The summed E-state index contributed by atoms with van der Waals surface area (Å²) in [6.45, 7) is 0. The van der Waals surface area contributed by atoms with Crippen molar-refractivity contribution in [3.63, 3.8) is 0 Å². The lowest BCUT2D eigenvalue weighted by atomic mass is 10.0. The maximum absolute atomic E-state index is 12.8. The molecule has 0 saturated heterocycles. The first-order valence-corrected chi connectivity index (χ1v) is 8.40. The van der Waals surface area contributed by atoms with Crippen molar-refractivity contribution in [3.8, 4) is 6.07 Å². The number of rotatable bonds is 3. The van der Waals surface area contributed by atoms with Crippen LogP contribution < -0.4 is 0 Å². The molecule has 0 aliphatic heterocycles. The average Bonchev–Trinajstić information content (AvgIpc) is 3.17. The molecule has 5 heteroatoms. The van der Waals surface area contributed by atoms with Crippen molar-refractivity contribution < 1.29 is 4.79 Å². The van der Waals surface area contributed by atoms with Crippen LogP contribution in [0, 0.1) is 23.2 Å². The first-order valence-electron chi connectivity index (χ1n) is 8.40. The van der Waals surface area contributed by atoms with Crippen molar-refractivity contribution in [2.75, 3.05) is 21.1 Å². The number of nitriles is 1. The monoisotopic (exact) mass is 314 g/mol. The summed E-state index contributed by atoms with van der Waals surface area (Å²) >= 11 is 0. The second kappa shape index (κ2) is 6.01. The number of hydrogen-bond donors (Lipinski definition) is 0. The van der Waals surface area contributed by atoms with Crippen LogP contribution in [0.1, 0.15) is 41.7 Å². The Morgan fingerprint density at radius 3 is 2.22 bits per heavy atom. The van der Waals surface area contributed by atoms with Gasteiger partial charge in [0.2, 0.25) is 0 Å². The summed E-state index contributed by atoms with van der Waals surface area (Å²) in [5, 5.41) is 8.99. The molecule has 1 aromatic heterocycles. The van der Waals surface area contributed by atoms with E-state index < -0.39 is 0 Å². The van der Waals surface area contributed by atoms with Crippen molar-refractivity contribution in [1.29, 1.82) is 5.26 Å². The minimum atomic E-state index is 0.0307. The predicted molar refractivity (Wildman–Crippen MR) is 88.9 cm³/mol. The van der Waals surface area contributed by atoms with Crippen LogP contribution in [0.2, 0.25) is 0 Å². The predicted octanol–water partition coefficient (Wildman–Crippen LogP) is 2.09. The average molecular weight is 314 g/mol. The molecule has 1 amide bonds. The molecular formula is C18H26N4O. The molecule has 1 heterocycles. The van der Waals surface area contributed by atoms with Gasteiger partial charge in [0.1, 0.15) is 11.8 Å². The number of amides is 1. The Labute approximate surface area is 138 Å². The van der Waals surface area contributed by atoms with Gasteiger partial charge in [0, 0.05) is 32.4 Å². The molecule has 2 unspecified atom stereocenters. The number of carbonyl (C=O) groups excluding carboxylic acids is 1. The number of hydrogen-bond acceptors (Lipinski definition) is 3. The molecule has 0 spiro atoms. The summed E-state index contributed by atoms with van der Waals surface area (Å²) in [6, 6.07) is 4.84. The standard InChI is InChI=1S/C18H26N4O/c1-20(2)15-6-13-8-16(9-14(13)7-15)22(4)18(23)17-5-12(10-19)11-21(17)3/h5,11,13-16H,6-9H2,1-4H3/t13-,14+,15?,16?. The van der Waals surface area contributed by atoms with Crippen molar-refractivity contribution >= 4 is 5.91 Å². The van der Waals surface area contributed by atoms with E-state index in [0.29, 0.717) is 23.3 Å². The van der Waals surface area contributed by atoms with Crippen molar-refractivity contribution in [2.45, 2.75) is 37.8 Å². The molecule has 0 N–H and O–H groups in total. The summed E-state index contributed by atoms with van der Waals surface area (Å²) in [5.41, 5.74) is 1.15. The molecule has 2 saturated carbocycles. The fourth-order valence-corrected chi connectivity index (χ4v) is 4.48. The maximum atomic E-state index is 12.8. The molecule has 1 aromatic rings. The SMILES string of the molecule is CN(C)C1C[C@@H]2CC(N(C)C(=O)c3cc(C#N)cn3C)C[C@@H]2C1. The van der Waals surface area contributed by atoms with Gasteiger partial charge in [0.15, 0.2) is 0 Å². The number of fused-ring (bicyclic) bond motifs is 1. The zero-order valence-corrected chi connectivity index (χ0v) is 14.5. The van der Waals surface area contributed by atoms with Gasteiger partial charge in [-0.15, -0.1) is 0 Å². The zero-order valence-electron chi connectivity index (χ0n) is 14.5. The normalized spacial score (nSPS) is 29.6. The van der Waals surface area contributed by atoms with E-state index in [1.165, 1.54) is 12.8 Å². The van der Waals surface area contributed by atoms with Gasteiger partial charge in [-0.05, 0) is 57.7 Å². The fourth-order valence-electron chi connectivity index (χ4n) is 4.48. The molecule has 3 rings (SSSR count). The topological polar surface area (TPSA) is 52.3 Å². The molecule has 2 aliphatic rings. The van der Waals surface area contributed by atoms with E-state index in [-0.39, 0.29) is 5.91 Å². The molecule has 4 atom stereocenters. The largest absolute Gasteiger partial charge is 0.345 e. The van der Waals surface area contributed by atoms with Crippen LogP contribution in [0.25, 0.3) is 0 Å². The van der Waals surface area contributed by atoms with Crippen LogP contribution in [0.3, 0.4) is 0 Å². The second-order valence-electron chi connectivity index (χ2n) is 7.49. The van der Waals surface area contributed by atoms with E-state index in [0.717, 1.165) is 24.7 Å². The molecule has 2 fully saturated rings. The van der Waals surface area contributed by atoms with Crippen LogP contribution in [-0.2, 0) is 7.05 Å². The van der Waals surface area contributed by atoms with Crippen LogP contribution in [-0.4, -0.2) is 53.5 Å². The van der Waals surface area contributed by atoms with Crippen LogP contribution in [0.4, 0.5) is 0 Å². The van der Waals surface area contributed by atoms with Crippen LogP contribution >= 0.6 is 0 Å². The smallest absolute Gasteiger partial charge is 0.270 e. The van der Waals surface area contributed by atoms with E-state index in [2.05, 4.69) is 25.1 Å². The minimum Gasteiger partial charge on any atom is -0.345 e. The Hall–Kier alpha value is -1.80. The lowest BCUT2D eigenvalue weighted by molar-refractivity contribution is 0.0716. The molecule has 5 nitrogen and oxygen atoms in total. The Kier molecular flexibility index (Phi) is 4.20. The maximum Gasteiger partial charge on any atom is 0.270 e. The van der Waals surface area contributed by atoms with Gasteiger partial charge in [-0.25, -0.2) is 0 Å². The summed E-state index contributed by atoms with van der Waals surface area (Å²) in [6.07, 6.45) is 6.48. The van der Waals surface area contributed by atoms with E-state index in [4.69, 9.17) is 5.26 Å². The molecule has 0 bridgehead atoms. The highest BCUT2D eigenvalue weighted by Crippen LogP contribution is 2.46. The lowest BCUT2D eigenvalue weighted by Crippen LogP contribution is -2.37. The summed E-state index contributed by atoms with van der Waals surface area (Å²) in [7, 11) is 8.07. The lowest BCUT2D eigenvalue weighted by Gasteiger charge is -2.27. The minimum absolute atomic E-state index is 0.0307. The Morgan fingerprint density at radius 2 is 1.74 bits per heavy atom. The Balaban J connectivity index is 1.66. The fraction of sp³-hybridized carbons (Fsp3) is 0.667. The van der Waals surface area contributed by atoms with Crippen molar-refractivity contribution in [2.24, 2.45) is 18.9 Å². The third-order valence-corrected chi connectivity index (χ3v) is 5.92. The van der Waals surface area contributed by atoms with Crippen LogP contribution in [0.5, 0.6) is 0 Å². The van der Waals surface area contributed by atoms with Gasteiger partial charge in [-0.3, -0.25) is 4.79 Å². The van der Waals surface area contributed by atoms with E-state index in [1.807, 2.05) is 19.0 Å². The van der Waals surface area contributed by atoms with E-state index in [9.17, 15) is 4.79 Å². The Morgan fingerprint density at radius 1 is 1.17 bits per heavy atom. The van der Waals surface area contributed by atoms with Crippen molar-refractivity contribution in [3.05, 3.63) is 23.5 Å². The van der Waals surface area contributed by atoms with Gasteiger partial charge < -0.3 is 14.4 Å². The highest BCUT2D eigenvalue weighted by Gasteiger charge is 2.44. The van der Waals surface area contributed by atoms with Gasteiger partial charge in [-0.2, -0.15) is 5.26 Å². The summed E-state index contributed by atoms with van der Waals surface area (Å²) in [5.74, 6) is 1.54. The van der Waals surface area contributed by atoms with Crippen LogP contribution in [0.15, 0.2) is 12.3 Å². The molecular weight excluding hydrogens is 288 g/mol. The molecule has 2 aliphatic carbocycles.